The molecule has 0 unspecified atom stereocenters. The second-order valence-electron chi connectivity index (χ2n) is 4.29. The molecule has 106 valence electrons. The quantitative estimate of drug-likeness (QED) is 0.499. The molecular weight excluding hydrogens is 324 g/mol. The van der Waals surface area contributed by atoms with Gasteiger partial charge in [-0.05, 0) is 30.7 Å². The highest BCUT2D eigenvalue weighted by molar-refractivity contribution is 9.10. The van der Waals surface area contributed by atoms with Gasteiger partial charge in [0.15, 0.2) is 5.76 Å². The second kappa shape index (κ2) is 6.69. The number of nitrogen functional groups attached to an aromatic ring is 1. The van der Waals surface area contributed by atoms with E-state index in [0.29, 0.717) is 19.0 Å². The summed E-state index contributed by atoms with van der Waals surface area (Å²) in [6.45, 7) is 2.65. The highest BCUT2D eigenvalue weighted by atomic mass is 79.9. The van der Waals surface area contributed by atoms with Gasteiger partial charge >= 0.3 is 5.91 Å². The first-order valence-corrected chi connectivity index (χ1v) is 6.82. The van der Waals surface area contributed by atoms with Crippen LogP contribution in [0.2, 0.25) is 0 Å². The van der Waals surface area contributed by atoms with Crippen molar-refractivity contribution in [1.29, 1.82) is 0 Å². The van der Waals surface area contributed by atoms with Gasteiger partial charge in [-0.15, -0.1) is 0 Å². The van der Waals surface area contributed by atoms with Gasteiger partial charge in [-0.1, -0.05) is 28.1 Å². The van der Waals surface area contributed by atoms with Gasteiger partial charge in [-0.2, -0.15) is 0 Å². The maximum atomic E-state index is 11.3. The Morgan fingerprint density at radius 3 is 2.90 bits per heavy atom. The van der Waals surface area contributed by atoms with Gasteiger partial charge in [0, 0.05) is 10.0 Å². The molecule has 1 aromatic heterocycles. The molecule has 0 fully saturated rings. The van der Waals surface area contributed by atoms with Crippen molar-refractivity contribution in [2.75, 3.05) is 0 Å². The third kappa shape index (κ3) is 3.69. The molecule has 0 saturated carbocycles. The van der Waals surface area contributed by atoms with E-state index in [4.69, 9.17) is 15.0 Å². The molecule has 6 heteroatoms. The average Bonchev–Trinajstić information content (AvgIpc) is 2.80. The topological polar surface area (TPSA) is 77.5 Å². The SMILES string of the molecule is Cc1oc(C(=O)NN)cc1COCc1cccc(Br)c1. The van der Waals surface area contributed by atoms with Crippen LogP contribution in [0.4, 0.5) is 0 Å². The van der Waals surface area contributed by atoms with Gasteiger partial charge in [0.2, 0.25) is 0 Å². The van der Waals surface area contributed by atoms with E-state index in [2.05, 4.69) is 15.9 Å². The number of nitrogens with one attached hydrogen (secondary N) is 1. The molecule has 0 radical (unpaired) electrons. The fourth-order valence-electron chi connectivity index (χ4n) is 1.75. The third-order valence-corrected chi connectivity index (χ3v) is 3.28. The molecule has 0 saturated heterocycles. The third-order valence-electron chi connectivity index (χ3n) is 2.79. The number of carbonyl (C=O) groups excluding carboxylic acids is 1. The van der Waals surface area contributed by atoms with E-state index in [1.807, 2.05) is 29.7 Å². The van der Waals surface area contributed by atoms with E-state index in [1.165, 1.54) is 0 Å². The molecule has 0 spiro atoms. The maximum Gasteiger partial charge on any atom is 0.300 e. The van der Waals surface area contributed by atoms with Crippen molar-refractivity contribution < 1.29 is 13.9 Å². The first kappa shape index (κ1) is 14.8. The number of hydrogen-bond acceptors (Lipinski definition) is 4. The van der Waals surface area contributed by atoms with Crippen molar-refractivity contribution in [3.05, 3.63) is 57.5 Å². The van der Waals surface area contributed by atoms with E-state index >= 15 is 0 Å². The van der Waals surface area contributed by atoms with Gasteiger partial charge in [0.1, 0.15) is 5.76 Å². The molecule has 0 atom stereocenters. The summed E-state index contributed by atoms with van der Waals surface area (Å²) in [7, 11) is 0. The van der Waals surface area contributed by atoms with Crippen molar-refractivity contribution in [2.24, 2.45) is 5.84 Å². The zero-order valence-electron chi connectivity index (χ0n) is 11.0. The first-order valence-electron chi connectivity index (χ1n) is 6.02. The van der Waals surface area contributed by atoms with E-state index in [1.54, 1.807) is 13.0 Å². The zero-order chi connectivity index (χ0) is 14.5. The van der Waals surface area contributed by atoms with Crippen LogP contribution in [0, 0.1) is 6.92 Å². The standard InChI is InChI=1S/C14H15BrN2O3/c1-9-11(6-13(20-9)14(18)17-16)8-19-7-10-3-2-4-12(15)5-10/h2-6H,7-8,16H2,1H3,(H,17,18). The van der Waals surface area contributed by atoms with Crippen LogP contribution in [-0.2, 0) is 18.0 Å². The van der Waals surface area contributed by atoms with Crippen LogP contribution < -0.4 is 11.3 Å². The number of ether oxygens (including phenoxy) is 1. The summed E-state index contributed by atoms with van der Waals surface area (Å²) in [5, 5.41) is 0. The minimum Gasteiger partial charge on any atom is -0.456 e. The number of rotatable bonds is 5. The highest BCUT2D eigenvalue weighted by Crippen LogP contribution is 2.17. The summed E-state index contributed by atoms with van der Waals surface area (Å²) in [6, 6.07) is 9.53. The van der Waals surface area contributed by atoms with Crippen LogP contribution in [-0.4, -0.2) is 5.91 Å². The summed E-state index contributed by atoms with van der Waals surface area (Å²) in [5.74, 6) is 5.44. The Balaban J connectivity index is 1.94. The molecule has 2 aromatic rings. The molecule has 0 aliphatic heterocycles. The van der Waals surface area contributed by atoms with Crippen LogP contribution >= 0.6 is 15.9 Å². The molecular formula is C14H15BrN2O3. The van der Waals surface area contributed by atoms with Gasteiger partial charge in [0.25, 0.3) is 0 Å². The van der Waals surface area contributed by atoms with Crippen LogP contribution in [0.15, 0.2) is 39.2 Å². The Morgan fingerprint density at radius 1 is 1.40 bits per heavy atom. The van der Waals surface area contributed by atoms with E-state index < -0.39 is 5.91 Å². The molecule has 5 nitrogen and oxygen atoms in total. The Morgan fingerprint density at radius 2 is 2.20 bits per heavy atom. The number of hydrazine groups is 1. The van der Waals surface area contributed by atoms with Gasteiger partial charge in [-0.3, -0.25) is 10.2 Å². The van der Waals surface area contributed by atoms with Crippen LogP contribution in [0.25, 0.3) is 0 Å². The fraction of sp³-hybridized carbons (Fsp3) is 0.214. The summed E-state index contributed by atoms with van der Waals surface area (Å²) in [5.41, 5.74) is 3.93. The first-order chi connectivity index (χ1) is 9.60. The molecule has 1 amide bonds. The summed E-state index contributed by atoms with van der Waals surface area (Å²) < 4.78 is 11.9. The van der Waals surface area contributed by atoms with Crippen LogP contribution in [0.3, 0.4) is 0 Å². The number of aryl methyl sites for hydroxylation is 1. The Bertz CT molecular complexity index is 610. The zero-order valence-corrected chi connectivity index (χ0v) is 12.6. The van der Waals surface area contributed by atoms with Crippen molar-refractivity contribution in [2.45, 2.75) is 20.1 Å². The van der Waals surface area contributed by atoms with Gasteiger partial charge in [-0.25, -0.2) is 5.84 Å². The van der Waals surface area contributed by atoms with E-state index in [-0.39, 0.29) is 5.76 Å². The van der Waals surface area contributed by atoms with Crippen molar-refractivity contribution >= 4 is 21.8 Å². The largest absolute Gasteiger partial charge is 0.456 e. The number of benzene rings is 1. The average molecular weight is 339 g/mol. The number of amides is 1. The monoisotopic (exact) mass is 338 g/mol. The lowest BCUT2D eigenvalue weighted by Crippen LogP contribution is -2.29. The minimum atomic E-state index is -0.452. The predicted octanol–water partition coefficient (Wildman–Crippen LogP) is 2.67. The lowest BCUT2D eigenvalue weighted by molar-refractivity contribution is 0.0924. The summed E-state index contributed by atoms with van der Waals surface area (Å²) in [6.07, 6.45) is 0. The smallest absolute Gasteiger partial charge is 0.300 e. The lowest BCUT2D eigenvalue weighted by atomic mass is 10.2. The predicted molar refractivity (Wildman–Crippen MR) is 77.7 cm³/mol. The Kier molecular flexibility index (Phi) is 4.94. The normalized spacial score (nSPS) is 10.6. The summed E-state index contributed by atoms with van der Waals surface area (Å²) in [4.78, 5) is 11.3. The molecule has 3 N–H and O–H groups in total. The highest BCUT2D eigenvalue weighted by Gasteiger charge is 2.13. The lowest BCUT2D eigenvalue weighted by Gasteiger charge is -2.04. The maximum absolute atomic E-state index is 11.3. The number of furan rings is 1. The number of hydrogen-bond donors (Lipinski definition) is 2. The fourth-order valence-corrected chi connectivity index (χ4v) is 2.20. The van der Waals surface area contributed by atoms with E-state index in [9.17, 15) is 4.79 Å². The molecule has 2 rings (SSSR count). The van der Waals surface area contributed by atoms with E-state index in [0.717, 1.165) is 15.6 Å². The van der Waals surface area contributed by atoms with Crippen molar-refractivity contribution in [3.63, 3.8) is 0 Å². The van der Waals surface area contributed by atoms with Gasteiger partial charge < -0.3 is 9.15 Å². The number of nitrogens with two attached hydrogens (primary N) is 1. The molecule has 1 heterocycles. The molecule has 20 heavy (non-hydrogen) atoms. The molecule has 0 aliphatic carbocycles. The van der Waals surface area contributed by atoms with Crippen LogP contribution in [0.5, 0.6) is 0 Å². The number of carbonyl (C=O) groups is 1. The van der Waals surface area contributed by atoms with Crippen LogP contribution in [0.1, 0.15) is 27.4 Å². The number of halogens is 1. The molecule has 0 aliphatic rings. The van der Waals surface area contributed by atoms with Crippen molar-refractivity contribution in [3.8, 4) is 0 Å². The second-order valence-corrected chi connectivity index (χ2v) is 5.20. The Labute approximate surface area is 125 Å². The van der Waals surface area contributed by atoms with Crippen molar-refractivity contribution in [1.82, 2.24) is 5.43 Å². The Hall–Kier alpha value is -1.63. The van der Waals surface area contributed by atoms with Gasteiger partial charge in [0.05, 0.1) is 13.2 Å². The molecule has 0 bridgehead atoms. The minimum absolute atomic E-state index is 0.186. The molecule has 1 aromatic carbocycles. The summed E-state index contributed by atoms with van der Waals surface area (Å²) >= 11 is 3.41.